The molecule has 1 heterocycles. The highest BCUT2D eigenvalue weighted by Gasteiger charge is 2.07. The lowest BCUT2D eigenvalue weighted by molar-refractivity contribution is 0.416. The Morgan fingerprint density at radius 3 is 2.71 bits per heavy atom. The summed E-state index contributed by atoms with van der Waals surface area (Å²) in [6.07, 6.45) is 0. The lowest BCUT2D eigenvalue weighted by Gasteiger charge is -2.06. The van der Waals surface area contributed by atoms with Gasteiger partial charge >= 0.3 is 0 Å². The Morgan fingerprint density at radius 1 is 1.29 bits per heavy atom. The van der Waals surface area contributed by atoms with Crippen molar-refractivity contribution in [1.82, 2.24) is 4.98 Å². The van der Waals surface area contributed by atoms with Gasteiger partial charge in [-0.1, -0.05) is 17.7 Å². The number of halogens is 2. The maximum atomic E-state index is 5.82. The summed E-state index contributed by atoms with van der Waals surface area (Å²) in [5.41, 5.74) is 0.773. The van der Waals surface area contributed by atoms with E-state index in [0.29, 0.717) is 10.9 Å². The Morgan fingerprint density at radius 2 is 2.00 bits per heavy atom. The summed E-state index contributed by atoms with van der Waals surface area (Å²) < 4.78 is 6.12. The van der Waals surface area contributed by atoms with Crippen molar-refractivity contribution in [2.75, 3.05) is 7.11 Å². The van der Waals surface area contributed by atoms with Crippen LogP contribution >= 0.6 is 27.5 Å². The van der Waals surface area contributed by atoms with Crippen LogP contribution in [0, 0.1) is 0 Å². The Labute approximate surface area is 95.0 Å². The lowest BCUT2D eigenvalue weighted by Crippen LogP contribution is -1.89. The maximum absolute atomic E-state index is 5.82. The van der Waals surface area contributed by atoms with Gasteiger partial charge in [0.25, 0.3) is 0 Å². The molecule has 2 aromatic rings. The number of hydrogen-bond donors (Lipinski definition) is 0. The maximum Gasteiger partial charge on any atom is 0.159 e. The molecule has 2 rings (SSSR count). The van der Waals surface area contributed by atoms with Crippen LogP contribution in [-0.2, 0) is 0 Å². The number of hydrogen-bond acceptors (Lipinski definition) is 2. The molecule has 0 N–H and O–H groups in total. The summed E-state index contributed by atoms with van der Waals surface area (Å²) in [7, 11) is 1.61. The molecule has 4 heteroatoms. The zero-order chi connectivity index (χ0) is 10.1. The van der Waals surface area contributed by atoms with Crippen molar-refractivity contribution in [3.8, 4) is 5.75 Å². The molecular weight excluding hydrogens is 265 g/mol. The molecule has 0 amide bonds. The Balaban J connectivity index is 2.84. The average Bonchev–Trinajstić information content (AvgIpc) is 2.17. The quantitative estimate of drug-likeness (QED) is 0.739. The fraction of sp³-hybridized carbons (Fsp3) is 0.100. The average molecular weight is 273 g/mol. The number of nitrogens with zero attached hydrogens (tertiary/aromatic N) is 1. The van der Waals surface area contributed by atoms with Crippen LogP contribution < -0.4 is 4.74 Å². The summed E-state index contributed by atoms with van der Waals surface area (Å²) in [5.74, 6) is 0.713. The summed E-state index contributed by atoms with van der Waals surface area (Å²) >= 11 is 9.21. The molecule has 0 aliphatic carbocycles. The molecule has 0 fully saturated rings. The number of ether oxygens (including phenoxy) is 1. The fourth-order valence-corrected chi connectivity index (χ4v) is 1.94. The Kier molecular flexibility index (Phi) is 2.61. The van der Waals surface area contributed by atoms with Crippen molar-refractivity contribution in [1.29, 1.82) is 0 Å². The van der Waals surface area contributed by atoms with Crippen molar-refractivity contribution in [3.63, 3.8) is 0 Å². The molecule has 0 aliphatic rings. The second-order valence-electron chi connectivity index (χ2n) is 2.79. The number of rotatable bonds is 1. The van der Waals surface area contributed by atoms with Gasteiger partial charge < -0.3 is 4.74 Å². The van der Waals surface area contributed by atoms with E-state index in [1.54, 1.807) is 13.2 Å². The first-order valence-corrected chi connectivity index (χ1v) is 5.18. The van der Waals surface area contributed by atoms with E-state index < -0.39 is 0 Å². The van der Waals surface area contributed by atoms with Gasteiger partial charge in [0.2, 0.25) is 0 Å². The third kappa shape index (κ3) is 1.57. The van der Waals surface area contributed by atoms with Crippen LogP contribution in [0.5, 0.6) is 5.75 Å². The minimum Gasteiger partial charge on any atom is -0.493 e. The molecule has 0 spiro atoms. The fourth-order valence-electron chi connectivity index (χ4n) is 1.31. The molecule has 72 valence electrons. The van der Waals surface area contributed by atoms with Crippen LogP contribution in [0.15, 0.2) is 28.7 Å². The molecule has 0 saturated carbocycles. The largest absolute Gasteiger partial charge is 0.493 e. The van der Waals surface area contributed by atoms with E-state index >= 15 is 0 Å². The highest BCUT2D eigenvalue weighted by molar-refractivity contribution is 9.10. The van der Waals surface area contributed by atoms with Crippen LogP contribution in [0.25, 0.3) is 10.9 Å². The predicted octanol–water partition coefficient (Wildman–Crippen LogP) is 3.66. The number of benzene rings is 1. The van der Waals surface area contributed by atoms with E-state index in [9.17, 15) is 0 Å². The first kappa shape index (κ1) is 9.74. The van der Waals surface area contributed by atoms with Crippen LogP contribution in [0.4, 0.5) is 0 Å². The number of fused-ring (bicyclic) bond motifs is 1. The van der Waals surface area contributed by atoms with Crippen LogP contribution in [0.3, 0.4) is 0 Å². The van der Waals surface area contributed by atoms with Crippen LogP contribution in [-0.4, -0.2) is 12.1 Å². The van der Waals surface area contributed by atoms with Crippen LogP contribution in [0.1, 0.15) is 0 Å². The van der Waals surface area contributed by atoms with Gasteiger partial charge in [0.1, 0.15) is 10.7 Å². The van der Waals surface area contributed by atoms with E-state index in [4.69, 9.17) is 16.3 Å². The van der Waals surface area contributed by atoms with Crippen molar-refractivity contribution < 1.29 is 4.74 Å². The van der Waals surface area contributed by atoms with Gasteiger partial charge in [0, 0.05) is 5.39 Å². The lowest BCUT2D eigenvalue weighted by atomic mass is 10.2. The van der Waals surface area contributed by atoms with E-state index in [2.05, 4.69) is 20.9 Å². The number of pyridine rings is 1. The Hall–Kier alpha value is -0.800. The summed E-state index contributed by atoms with van der Waals surface area (Å²) in [5, 5.41) is 1.48. The predicted molar refractivity (Wildman–Crippen MR) is 61.0 cm³/mol. The first-order chi connectivity index (χ1) is 6.72. The van der Waals surface area contributed by atoms with E-state index in [0.717, 1.165) is 15.4 Å². The molecule has 0 saturated heterocycles. The number of methoxy groups -OCH3 is 1. The molecule has 0 bridgehead atoms. The van der Waals surface area contributed by atoms with E-state index in [1.165, 1.54) is 0 Å². The molecule has 2 nitrogen and oxygen atoms in total. The van der Waals surface area contributed by atoms with Gasteiger partial charge in [-0.2, -0.15) is 0 Å². The van der Waals surface area contributed by atoms with Crippen molar-refractivity contribution >= 4 is 38.4 Å². The van der Waals surface area contributed by atoms with Gasteiger partial charge in [-0.05, 0) is 34.1 Å². The standard InChI is InChI=1S/C10H7BrClNO/c1-14-10-7(11)4-2-6-3-5-8(12)13-9(6)10/h2-5H,1H3. The van der Waals surface area contributed by atoms with Gasteiger partial charge in [-0.3, -0.25) is 0 Å². The summed E-state index contributed by atoms with van der Waals surface area (Å²) in [6.45, 7) is 0. The SMILES string of the molecule is COc1c(Br)ccc2ccc(Cl)nc12. The third-order valence-corrected chi connectivity index (χ3v) is 2.77. The van der Waals surface area contributed by atoms with Crippen molar-refractivity contribution in [3.05, 3.63) is 33.9 Å². The third-order valence-electron chi connectivity index (χ3n) is 1.94. The smallest absolute Gasteiger partial charge is 0.159 e. The topological polar surface area (TPSA) is 22.1 Å². The van der Waals surface area contributed by atoms with Gasteiger partial charge in [0.05, 0.1) is 11.6 Å². The monoisotopic (exact) mass is 271 g/mol. The molecule has 14 heavy (non-hydrogen) atoms. The molecule has 1 aromatic heterocycles. The van der Waals surface area contributed by atoms with Crippen molar-refractivity contribution in [2.24, 2.45) is 0 Å². The van der Waals surface area contributed by atoms with E-state index in [-0.39, 0.29) is 0 Å². The van der Waals surface area contributed by atoms with Gasteiger partial charge in [-0.15, -0.1) is 0 Å². The first-order valence-electron chi connectivity index (χ1n) is 4.01. The molecule has 0 radical (unpaired) electrons. The molecule has 0 unspecified atom stereocenters. The van der Waals surface area contributed by atoms with Crippen molar-refractivity contribution in [2.45, 2.75) is 0 Å². The normalized spacial score (nSPS) is 10.5. The van der Waals surface area contributed by atoms with Crippen LogP contribution in [0.2, 0.25) is 5.15 Å². The molecule has 1 aromatic carbocycles. The highest BCUT2D eigenvalue weighted by atomic mass is 79.9. The van der Waals surface area contributed by atoms with Gasteiger partial charge in [-0.25, -0.2) is 4.98 Å². The molecular formula is C10H7BrClNO. The van der Waals surface area contributed by atoms with Gasteiger partial charge in [0.15, 0.2) is 5.75 Å². The summed E-state index contributed by atoms with van der Waals surface area (Å²) in [4.78, 5) is 4.22. The zero-order valence-electron chi connectivity index (χ0n) is 7.42. The summed E-state index contributed by atoms with van der Waals surface area (Å²) in [6, 6.07) is 7.57. The number of aromatic nitrogens is 1. The second kappa shape index (κ2) is 3.75. The second-order valence-corrected chi connectivity index (χ2v) is 4.03. The molecule has 0 aliphatic heterocycles. The Bertz CT molecular complexity index is 482. The zero-order valence-corrected chi connectivity index (χ0v) is 9.76. The minimum atomic E-state index is 0.467. The highest BCUT2D eigenvalue weighted by Crippen LogP contribution is 2.32. The van der Waals surface area contributed by atoms with E-state index in [1.807, 2.05) is 18.2 Å². The molecule has 0 atom stereocenters. The minimum absolute atomic E-state index is 0.467.